The van der Waals surface area contributed by atoms with Gasteiger partial charge in [0.15, 0.2) is 17.5 Å². The van der Waals surface area contributed by atoms with Gasteiger partial charge in [-0.3, -0.25) is 0 Å². The molecule has 4 heteroatoms. The zero-order chi connectivity index (χ0) is 34.9. The first-order chi connectivity index (χ1) is 26.3. The number of nitrogens with zero attached hydrogens (tertiary/aromatic N) is 4. The van der Waals surface area contributed by atoms with E-state index in [4.69, 9.17) is 15.0 Å². The van der Waals surface area contributed by atoms with Crippen molar-refractivity contribution in [2.24, 2.45) is 0 Å². The molecule has 4 nitrogen and oxygen atoms in total. The Balaban J connectivity index is 1.15. The summed E-state index contributed by atoms with van der Waals surface area (Å²) >= 11 is 0. The smallest absolute Gasteiger partial charge is 0.164 e. The minimum Gasteiger partial charge on any atom is -0.309 e. The van der Waals surface area contributed by atoms with E-state index >= 15 is 0 Å². The van der Waals surface area contributed by atoms with Crippen molar-refractivity contribution < 1.29 is 0 Å². The predicted octanol–water partition coefficient (Wildman–Crippen LogP) is 12.4. The van der Waals surface area contributed by atoms with Crippen molar-refractivity contribution in [3.8, 4) is 73.2 Å². The van der Waals surface area contributed by atoms with Crippen LogP contribution in [0.3, 0.4) is 0 Å². The van der Waals surface area contributed by atoms with Crippen LogP contribution in [0, 0.1) is 0 Å². The van der Waals surface area contributed by atoms with E-state index in [1.807, 2.05) is 60.7 Å². The third-order valence-corrected chi connectivity index (χ3v) is 10.6. The Labute approximate surface area is 306 Å². The first-order valence-corrected chi connectivity index (χ1v) is 18.0. The van der Waals surface area contributed by atoms with E-state index in [1.165, 1.54) is 66.0 Å². The first-order valence-electron chi connectivity index (χ1n) is 18.0. The second kappa shape index (κ2) is 11.7. The quantitative estimate of drug-likeness (QED) is 0.187. The fraction of sp³-hybridized carbons (Fsp3) is 0. The lowest BCUT2D eigenvalue weighted by atomic mass is 9.91. The van der Waals surface area contributed by atoms with E-state index in [0.29, 0.717) is 17.5 Å². The number of para-hydroxylation sites is 1. The number of fused-ring (bicyclic) bond motifs is 9. The molecule has 0 amide bonds. The molecule has 2 aromatic heterocycles. The average molecular weight is 675 g/mol. The lowest BCUT2D eigenvalue weighted by molar-refractivity contribution is 1.07. The molecule has 2 heterocycles. The zero-order valence-electron chi connectivity index (χ0n) is 28.6. The summed E-state index contributed by atoms with van der Waals surface area (Å²) < 4.78 is 2.44. The summed E-state index contributed by atoms with van der Waals surface area (Å²) in [4.78, 5) is 14.9. The van der Waals surface area contributed by atoms with Crippen molar-refractivity contribution in [1.82, 2.24) is 19.5 Å². The van der Waals surface area contributed by atoms with Crippen molar-refractivity contribution in [2.45, 2.75) is 0 Å². The molecule has 0 saturated carbocycles. The topological polar surface area (TPSA) is 43.6 Å². The van der Waals surface area contributed by atoms with Crippen LogP contribution in [0.15, 0.2) is 182 Å². The Morgan fingerprint density at radius 3 is 1.53 bits per heavy atom. The highest BCUT2D eigenvalue weighted by atomic mass is 15.0. The van der Waals surface area contributed by atoms with Crippen LogP contribution in [-0.2, 0) is 0 Å². The van der Waals surface area contributed by atoms with Gasteiger partial charge in [-0.25, -0.2) is 15.0 Å². The summed E-state index contributed by atoms with van der Waals surface area (Å²) in [6, 6.07) is 64.6. The second-order valence-electron chi connectivity index (χ2n) is 13.6. The molecule has 0 N–H and O–H groups in total. The van der Waals surface area contributed by atoms with Crippen LogP contribution >= 0.6 is 0 Å². The molecule has 0 spiro atoms. The van der Waals surface area contributed by atoms with Gasteiger partial charge in [0.05, 0.1) is 11.0 Å². The van der Waals surface area contributed by atoms with E-state index < -0.39 is 0 Å². The number of rotatable bonds is 4. The van der Waals surface area contributed by atoms with Gasteiger partial charge in [0.25, 0.3) is 0 Å². The molecule has 1 aliphatic rings. The molecule has 10 aromatic rings. The Bertz CT molecular complexity index is 2970. The van der Waals surface area contributed by atoms with Crippen molar-refractivity contribution in [3.63, 3.8) is 0 Å². The minimum atomic E-state index is 0.639. The molecule has 0 atom stereocenters. The average Bonchev–Trinajstić information content (AvgIpc) is 3.51. The van der Waals surface area contributed by atoms with Gasteiger partial charge in [-0.2, -0.15) is 0 Å². The van der Waals surface area contributed by atoms with E-state index in [1.54, 1.807) is 0 Å². The van der Waals surface area contributed by atoms with E-state index in [-0.39, 0.29) is 0 Å². The van der Waals surface area contributed by atoms with Crippen LogP contribution in [0.5, 0.6) is 0 Å². The van der Waals surface area contributed by atoms with Gasteiger partial charge in [0.1, 0.15) is 0 Å². The molecule has 0 fully saturated rings. The lowest BCUT2D eigenvalue weighted by Gasteiger charge is -2.16. The molecule has 246 valence electrons. The van der Waals surface area contributed by atoms with Crippen LogP contribution in [0.4, 0.5) is 0 Å². The molecule has 0 aliphatic heterocycles. The highest BCUT2D eigenvalue weighted by molar-refractivity contribution is 6.21. The third kappa shape index (κ3) is 4.59. The maximum atomic E-state index is 4.99. The van der Waals surface area contributed by atoms with Crippen molar-refractivity contribution in [1.29, 1.82) is 0 Å². The minimum absolute atomic E-state index is 0.639. The van der Waals surface area contributed by atoms with Crippen molar-refractivity contribution >= 4 is 32.6 Å². The highest BCUT2D eigenvalue weighted by Gasteiger charge is 2.26. The zero-order valence-corrected chi connectivity index (χ0v) is 28.6. The SMILES string of the molecule is c1ccc(-c2nc(-c3ccccc3)nc(-c3ccc(-n4c5ccccc5c5ccc6c(c54)-c4ccccc4-c4cccc5cccc-6c45)cc3)n2)cc1. The fourth-order valence-corrected chi connectivity index (χ4v) is 8.25. The number of hydrogen-bond donors (Lipinski definition) is 0. The Morgan fingerprint density at radius 1 is 0.340 bits per heavy atom. The third-order valence-electron chi connectivity index (χ3n) is 10.6. The van der Waals surface area contributed by atoms with E-state index in [2.05, 4.69) is 126 Å². The van der Waals surface area contributed by atoms with Gasteiger partial charge in [0.2, 0.25) is 0 Å². The molecule has 1 aliphatic carbocycles. The summed E-state index contributed by atoms with van der Waals surface area (Å²) in [5.41, 5.74) is 13.8. The Morgan fingerprint density at radius 2 is 0.868 bits per heavy atom. The molecule has 8 aromatic carbocycles. The van der Waals surface area contributed by atoms with Crippen LogP contribution in [0.2, 0.25) is 0 Å². The van der Waals surface area contributed by atoms with Gasteiger partial charge in [-0.1, -0.05) is 152 Å². The van der Waals surface area contributed by atoms with Gasteiger partial charge >= 0.3 is 0 Å². The maximum Gasteiger partial charge on any atom is 0.164 e. The molecule has 0 bridgehead atoms. The van der Waals surface area contributed by atoms with E-state index in [0.717, 1.165) is 22.4 Å². The highest BCUT2D eigenvalue weighted by Crippen LogP contribution is 2.51. The standard InChI is InChI=1S/C49H30N4/c1-3-13-32(14-4-1)47-50-48(33-15-5-2-6-16-33)52-49(51-47)34-25-27-35(28-26-34)53-43-24-10-9-20-37(43)42-30-29-41-40-23-12-18-31-17-11-22-38(44(31)40)36-19-7-8-21-39(36)45(41)46(42)53/h1-30H. The van der Waals surface area contributed by atoms with E-state index in [9.17, 15) is 0 Å². The van der Waals surface area contributed by atoms with Crippen LogP contribution in [-0.4, -0.2) is 19.5 Å². The molecule has 0 unspecified atom stereocenters. The normalized spacial score (nSPS) is 11.8. The van der Waals surface area contributed by atoms with Crippen LogP contribution in [0.25, 0.3) is 106 Å². The molecule has 11 rings (SSSR count). The summed E-state index contributed by atoms with van der Waals surface area (Å²) in [5, 5.41) is 5.01. The predicted molar refractivity (Wildman–Crippen MR) is 218 cm³/mol. The largest absolute Gasteiger partial charge is 0.309 e. The molecule has 0 radical (unpaired) electrons. The molecule has 0 saturated heterocycles. The maximum absolute atomic E-state index is 4.99. The second-order valence-corrected chi connectivity index (χ2v) is 13.6. The summed E-state index contributed by atoms with van der Waals surface area (Å²) in [5.74, 6) is 1.94. The van der Waals surface area contributed by atoms with Crippen molar-refractivity contribution in [3.05, 3.63) is 182 Å². The fourth-order valence-electron chi connectivity index (χ4n) is 8.25. The van der Waals surface area contributed by atoms with Gasteiger partial charge in [0, 0.05) is 38.7 Å². The molecular formula is C49H30N4. The van der Waals surface area contributed by atoms with Gasteiger partial charge < -0.3 is 4.57 Å². The monoisotopic (exact) mass is 674 g/mol. The summed E-state index contributed by atoms with van der Waals surface area (Å²) in [7, 11) is 0. The lowest BCUT2D eigenvalue weighted by Crippen LogP contribution is -2.01. The van der Waals surface area contributed by atoms with Crippen LogP contribution < -0.4 is 0 Å². The number of benzene rings is 8. The molecular weight excluding hydrogens is 645 g/mol. The first kappa shape index (κ1) is 29.5. The Hall–Kier alpha value is -7.17. The Kier molecular flexibility index (Phi) is 6.52. The van der Waals surface area contributed by atoms with Crippen LogP contribution in [0.1, 0.15) is 0 Å². The number of aromatic nitrogens is 4. The van der Waals surface area contributed by atoms with Gasteiger partial charge in [-0.05, 0) is 68.9 Å². The summed E-state index contributed by atoms with van der Waals surface area (Å²) in [6.45, 7) is 0. The van der Waals surface area contributed by atoms with Crippen molar-refractivity contribution in [2.75, 3.05) is 0 Å². The molecule has 53 heavy (non-hydrogen) atoms. The number of hydrogen-bond acceptors (Lipinski definition) is 3. The van der Waals surface area contributed by atoms with Gasteiger partial charge in [-0.15, -0.1) is 0 Å². The summed E-state index contributed by atoms with van der Waals surface area (Å²) in [6.07, 6.45) is 0.